The Morgan fingerprint density at radius 2 is 2.00 bits per heavy atom. The minimum Gasteiger partial charge on any atom is -0.484 e. The molecule has 4 heteroatoms. The number of carbonyl (C=O) groups excluding carboxylic acids is 1. The molecule has 4 nitrogen and oxygen atoms in total. The Balaban J connectivity index is 2.26. The fourth-order valence-corrected chi connectivity index (χ4v) is 1.69. The van der Waals surface area contributed by atoms with Gasteiger partial charge in [0.25, 0.3) is 5.91 Å². The SMILES string of the molecule is Cc1ccccc1OCC(=O)NCCC(O)C(C)(C)C. The number of nitrogens with one attached hydrogen (secondary N) is 1. The molecule has 1 aromatic rings. The van der Waals surface area contributed by atoms with Crippen LogP contribution in [0.5, 0.6) is 5.75 Å². The Morgan fingerprint density at radius 3 is 2.60 bits per heavy atom. The lowest BCUT2D eigenvalue weighted by atomic mass is 9.87. The van der Waals surface area contributed by atoms with E-state index in [9.17, 15) is 9.90 Å². The van der Waals surface area contributed by atoms with Gasteiger partial charge in [0, 0.05) is 6.54 Å². The van der Waals surface area contributed by atoms with Gasteiger partial charge in [-0.15, -0.1) is 0 Å². The molecule has 1 rings (SSSR count). The molecule has 112 valence electrons. The maximum atomic E-state index is 11.6. The molecule has 0 saturated carbocycles. The van der Waals surface area contributed by atoms with Crippen molar-refractivity contribution in [3.63, 3.8) is 0 Å². The number of hydrogen-bond donors (Lipinski definition) is 2. The van der Waals surface area contributed by atoms with Crippen LogP contribution in [-0.4, -0.2) is 30.3 Å². The number of carbonyl (C=O) groups is 1. The van der Waals surface area contributed by atoms with Crippen LogP contribution < -0.4 is 10.1 Å². The zero-order valence-electron chi connectivity index (χ0n) is 12.8. The van der Waals surface area contributed by atoms with E-state index in [1.807, 2.05) is 52.0 Å². The number of aliphatic hydroxyl groups is 1. The number of benzene rings is 1. The first-order chi connectivity index (χ1) is 9.30. The van der Waals surface area contributed by atoms with Crippen molar-refractivity contribution in [3.05, 3.63) is 29.8 Å². The number of hydrogen-bond acceptors (Lipinski definition) is 3. The van der Waals surface area contributed by atoms with E-state index in [-0.39, 0.29) is 17.9 Å². The molecule has 1 aromatic carbocycles. The van der Waals surface area contributed by atoms with Gasteiger partial charge in [0.2, 0.25) is 0 Å². The predicted octanol–water partition coefficient (Wildman–Crippen LogP) is 2.29. The highest BCUT2D eigenvalue weighted by Crippen LogP contribution is 2.21. The summed E-state index contributed by atoms with van der Waals surface area (Å²) in [6.45, 7) is 8.31. The monoisotopic (exact) mass is 279 g/mol. The Morgan fingerprint density at radius 1 is 1.35 bits per heavy atom. The summed E-state index contributed by atoms with van der Waals surface area (Å²) >= 11 is 0. The van der Waals surface area contributed by atoms with Gasteiger partial charge in [-0.3, -0.25) is 4.79 Å². The fraction of sp³-hybridized carbons (Fsp3) is 0.562. The molecule has 0 spiro atoms. The van der Waals surface area contributed by atoms with Crippen LogP contribution in [0.15, 0.2) is 24.3 Å². The Labute approximate surface area is 121 Å². The van der Waals surface area contributed by atoms with E-state index < -0.39 is 6.10 Å². The lowest BCUT2D eigenvalue weighted by molar-refractivity contribution is -0.123. The maximum absolute atomic E-state index is 11.6. The number of amides is 1. The molecule has 20 heavy (non-hydrogen) atoms. The largest absolute Gasteiger partial charge is 0.484 e. The highest BCUT2D eigenvalue weighted by Gasteiger charge is 2.21. The molecule has 1 atom stereocenters. The first kappa shape index (κ1) is 16.5. The normalized spacial score (nSPS) is 12.8. The van der Waals surface area contributed by atoms with Crippen molar-refractivity contribution >= 4 is 5.91 Å². The van der Waals surface area contributed by atoms with Crippen LogP contribution in [0.4, 0.5) is 0 Å². The van der Waals surface area contributed by atoms with Gasteiger partial charge < -0.3 is 15.2 Å². The van der Waals surface area contributed by atoms with Crippen LogP contribution in [0.3, 0.4) is 0 Å². The van der Waals surface area contributed by atoms with Gasteiger partial charge >= 0.3 is 0 Å². The van der Waals surface area contributed by atoms with Crippen molar-refractivity contribution in [1.82, 2.24) is 5.32 Å². The van der Waals surface area contributed by atoms with Crippen molar-refractivity contribution in [2.45, 2.75) is 40.2 Å². The average molecular weight is 279 g/mol. The zero-order valence-corrected chi connectivity index (χ0v) is 12.8. The van der Waals surface area contributed by atoms with Crippen molar-refractivity contribution in [3.8, 4) is 5.75 Å². The fourth-order valence-electron chi connectivity index (χ4n) is 1.69. The van der Waals surface area contributed by atoms with Gasteiger partial charge in [0.1, 0.15) is 5.75 Å². The molecule has 0 fully saturated rings. The van der Waals surface area contributed by atoms with Crippen LogP contribution in [0.2, 0.25) is 0 Å². The van der Waals surface area contributed by atoms with Gasteiger partial charge in [0.05, 0.1) is 6.10 Å². The summed E-state index contributed by atoms with van der Waals surface area (Å²) in [5.41, 5.74) is 0.839. The Hall–Kier alpha value is -1.55. The highest BCUT2D eigenvalue weighted by molar-refractivity contribution is 5.77. The molecule has 1 amide bonds. The van der Waals surface area contributed by atoms with Gasteiger partial charge in [-0.25, -0.2) is 0 Å². The molecular formula is C16H25NO3. The molecule has 0 heterocycles. The quantitative estimate of drug-likeness (QED) is 0.840. The number of aliphatic hydroxyl groups excluding tert-OH is 1. The molecule has 0 aliphatic carbocycles. The highest BCUT2D eigenvalue weighted by atomic mass is 16.5. The van der Waals surface area contributed by atoms with Crippen LogP contribution in [0.1, 0.15) is 32.8 Å². The number of aryl methyl sites for hydroxylation is 1. The smallest absolute Gasteiger partial charge is 0.257 e. The topological polar surface area (TPSA) is 58.6 Å². The van der Waals surface area contributed by atoms with E-state index in [1.54, 1.807) is 0 Å². The van der Waals surface area contributed by atoms with Crippen LogP contribution in [0, 0.1) is 12.3 Å². The standard InChI is InChI=1S/C16H25NO3/c1-12-7-5-6-8-13(12)20-11-15(19)17-10-9-14(18)16(2,3)4/h5-8,14,18H,9-11H2,1-4H3,(H,17,19). The molecule has 0 radical (unpaired) electrons. The molecule has 0 aromatic heterocycles. The summed E-state index contributed by atoms with van der Waals surface area (Å²) in [6, 6.07) is 7.58. The first-order valence-electron chi connectivity index (χ1n) is 6.94. The van der Waals surface area contributed by atoms with Crippen LogP contribution >= 0.6 is 0 Å². The third-order valence-electron chi connectivity index (χ3n) is 3.19. The van der Waals surface area contributed by atoms with Crippen molar-refractivity contribution in [2.24, 2.45) is 5.41 Å². The van der Waals surface area contributed by atoms with E-state index in [2.05, 4.69) is 5.32 Å². The summed E-state index contributed by atoms with van der Waals surface area (Å²) in [6.07, 6.45) is 0.111. The second-order valence-corrected chi connectivity index (χ2v) is 6.07. The lowest BCUT2D eigenvalue weighted by Crippen LogP contribution is -2.34. The van der Waals surface area contributed by atoms with Crippen LogP contribution in [0.25, 0.3) is 0 Å². The summed E-state index contributed by atoms with van der Waals surface area (Å²) in [5.74, 6) is 0.548. The summed E-state index contributed by atoms with van der Waals surface area (Å²) in [5, 5.41) is 12.6. The average Bonchev–Trinajstić information content (AvgIpc) is 2.36. The summed E-state index contributed by atoms with van der Waals surface area (Å²) in [4.78, 5) is 11.6. The summed E-state index contributed by atoms with van der Waals surface area (Å²) in [7, 11) is 0. The lowest BCUT2D eigenvalue weighted by Gasteiger charge is -2.25. The Kier molecular flexibility index (Phi) is 6.02. The molecule has 0 aliphatic heterocycles. The molecule has 0 saturated heterocycles. The van der Waals surface area contributed by atoms with Gasteiger partial charge in [0.15, 0.2) is 6.61 Å². The third-order valence-corrected chi connectivity index (χ3v) is 3.19. The molecule has 2 N–H and O–H groups in total. The van der Waals surface area contributed by atoms with E-state index in [4.69, 9.17) is 4.74 Å². The predicted molar refractivity (Wildman–Crippen MR) is 79.8 cm³/mol. The zero-order chi connectivity index (χ0) is 15.2. The van der Waals surface area contributed by atoms with Crippen molar-refractivity contribution in [2.75, 3.05) is 13.2 Å². The van der Waals surface area contributed by atoms with Gasteiger partial charge in [-0.1, -0.05) is 39.0 Å². The maximum Gasteiger partial charge on any atom is 0.257 e. The second-order valence-electron chi connectivity index (χ2n) is 6.07. The van der Waals surface area contributed by atoms with Gasteiger partial charge in [-0.05, 0) is 30.4 Å². The number of rotatable bonds is 6. The third kappa shape index (κ3) is 5.61. The van der Waals surface area contributed by atoms with Crippen LogP contribution in [-0.2, 0) is 4.79 Å². The van der Waals surface area contributed by atoms with E-state index in [1.165, 1.54) is 0 Å². The van der Waals surface area contributed by atoms with E-state index >= 15 is 0 Å². The number of ether oxygens (including phenoxy) is 1. The van der Waals surface area contributed by atoms with E-state index in [0.29, 0.717) is 13.0 Å². The van der Waals surface area contributed by atoms with Crippen molar-refractivity contribution in [1.29, 1.82) is 0 Å². The first-order valence-corrected chi connectivity index (χ1v) is 6.94. The number of para-hydroxylation sites is 1. The van der Waals surface area contributed by atoms with Gasteiger partial charge in [-0.2, -0.15) is 0 Å². The Bertz CT molecular complexity index is 438. The molecule has 0 aliphatic rings. The van der Waals surface area contributed by atoms with E-state index in [0.717, 1.165) is 11.3 Å². The summed E-state index contributed by atoms with van der Waals surface area (Å²) < 4.78 is 5.45. The second kappa shape index (κ2) is 7.29. The minimum absolute atomic E-state index is 0.00351. The molecule has 0 bridgehead atoms. The molecular weight excluding hydrogens is 254 g/mol. The minimum atomic E-state index is -0.430. The van der Waals surface area contributed by atoms with Crippen molar-refractivity contribution < 1.29 is 14.6 Å². The molecule has 1 unspecified atom stereocenters.